The second-order valence-electron chi connectivity index (χ2n) is 6.38. The molecule has 0 saturated carbocycles. The van der Waals surface area contributed by atoms with E-state index in [0.29, 0.717) is 19.6 Å². The van der Waals surface area contributed by atoms with Crippen molar-refractivity contribution in [3.63, 3.8) is 0 Å². The van der Waals surface area contributed by atoms with Gasteiger partial charge in [0.15, 0.2) is 0 Å². The van der Waals surface area contributed by atoms with Gasteiger partial charge in [0.2, 0.25) is 0 Å². The van der Waals surface area contributed by atoms with Gasteiger partial charge in [-0.15, -0.1) is 0 Å². The summed E-state index contributed by atoms with van der Waals surface area (Å²) in [6, 6.07) is 7.55. The van der Waals surface area contributed by atoms with E-state index in [1.165, 1.54) is 0 Å². The number of aliphatic hydroxyl groups excluding tert-OH is 1. The highest BCUT2D eigenvalue weighted by molar-refractivity contribution is 5.64. The average Bonchev–Trinajstić information content (AvgIpc) is 2.46. The average molecular weight is 325 g/mol. The number of carboxylic acid groups (broad SMARTS) is 1. The third-order valence-corrected chi connectivity index (χ3v) is 3.40. The standard InChI is InChI=1S/C17H27NO5/c1-17(2,3)15(12-18-16(20)21)23-11-10-22-14-6-4-13(5-7-14)8-9-19/h4-7,15,18-19H,8-12H2,1-3H3,(H,20,21). The van der Waals surface area contributed by atoms with Crippen LogP contribution in [-0.4, -0.2) is 48.8 Å². The lowest BCUT2D eigenvalue weighted by molar-refractivity contribution is -0.0263. The first-order valence-corrected chi connectivity index (χ1v) is 7.74. The van der Waals surface area contributed by atoms with Crippen LogP contribution in [0.25, 0.3) is 0 Å². The summed E-state index contributed by atoms with van der Waals surface area (Å²) in [6.07, 6.45) is -0.649. The minimum atomic E-state index is -1.05. The van der Waals surface area contributed by atoms with Crippen LogP contribution >= 0.6 is 0 Å². The fraction of sp³-hybridized carbons (Fsp3) is 0.588. The molecule has 0 bridgehead atoms. The number of carbonyl (C=O) groups is 1. The second kappa shape index (κ2) is 9.37. The molecule has 0 aromatic heterocycles. The minimum absolute atomic E-state index is 0.132. The number of hydrogen-bond acceptors (Lipinski definition) is 4. The molecular formula is C17H27NO5. The van der Waals surface area contributed by atoms with Crippen LogP contribution in [0.2, 0.25) is 0 Å². The van der Waals surface area contributed by atoms with Crippen molar-refractivity contribution < 1.29 is 24.5 Å². The first-order chi connectivity index (χ1) is 10.8. The highest BCUT2D eigenvalue weighted by atomic mass is 16.5. The zero-order valence-corrected chi connectivity index (χ0v) is 14.0. The molecule has 0 heterocycles. The van der Waals surface area contributed by atoms with Crippen LogP contribution in [0.3, 0.4) is 0 Å². The van der Waals surface area contributed by atoms with Crippen LogP contribution in [0.4, 0.5) is 4.79 Å². The maximum atomic E-state index is 10.6. The maximum Gasteiger partial charge on any atom is 0.404 e. The predicted octanol–water partition coefficient (Wildman–Crippen LogP) is 2.30. The van der Waals surface area contributed by atoms with E-state index in [-0.39, 0.29) is 24.7 Å². The number of ether oxygens (including phenoxy) is 2. The third-order valence-electron chi connectivity index (χ3n) is 3.40. The van der Waals surface area contributed by atoms with Gasteiger partial charge in [-0.05, 0) is 29.5 Å². The Morgan fingerprint density at radius 1 is 1.22 bits per heavy atom. The lowest BCUT2D eigenvalue weighted by atomic mass is 9.89. The smallest absolute Gasteiger partial charge is 0.404 e. The normalized spacial score (nSPS) is 12.7. The van der Waals surface area contributed by atoms with Crippen molar-refractivity contribution in [2.24, 2.45) is 5.41 Å². The highest BCUT2D eigenvalue weighted by Crippen LogP contribution is 2.22. The Morgan fingerprint density at radius 2 is 1.87 bits per heavy atom. The number of rotatable bonds is 9. The zero-order chi connectivity index (χ0) is 17.3. The number of aliphatic hydroxyl groups is 1. The molecule has 23 heavy (non-hydrogen) atoms. The molecule has 0 fully saturated rings. The molecule has 0 radical (unpaired) electrons. The van der Waals surface area contributed by atoms with Gasteiger partial charge >= 0.3 is 6.09 Å². The molecular weight excluding hydrogens is 298 g/mol. The summed E-state index contributed by atoms with van der Waals surface area (Å²) in [6.45, 7) is 7.15. The van der Waals surface area contributed by atoms with E-state index in [4.69, 9.17) is 19.7 Å². The largest absolute Gasteiger partial charge is 0.491 e. The Balaban J connectivity index is 2.36. The number of amides is 1. The van der Waals surface area contributed by atoms with Gasteiger partial charge in [0.1, 0.15) is 12.4 Å². The molecule has 0 aliphatic rings. The molecule has 0 saturated heterocycles. The Kier molecular flexibility index (Phi) is 7.85. The van der Waals surface area contributed by atoms with Gasteiger partial charge in [0.05, 0.1) is 12.7 Å². The molecule has 6 nitrogen and oxygen atoms in total. The van der Waals surface area contributed by atoms with Gasteiger partial charge in [-0.2, -0.15) is 0 Å². The van der Waals surface area contributed by atoms with E-state index in [9.17, 15) is 4.79 Å². The molecule has 1 aromatic carbocycles. The summed E-state index contributed by atoms with van der Waals surface area (Å²) in [4.78, 5) is 10.6. The van der Waals surface area contributed by atoms with Gasteiger partial charge in [-0.3, -0.25) is 0 Å². The highest BCUT2D eigenvalue weighted by Gasteiger charge is 2.25. The number of nitrogens with one attached hydrogen (secondary N) is 1. The van der Waals surface area contributed by atoms with Gasteiger partial charge in [-0.25, -0.2) is 4.79 Å². The summed E-state index contributed by atoms with van der Waals surface area (Å²) in [5.74, 6) is 0.742. The van der Waals surface area contributed by atoms with Crippen LogP contribution in [0.1, 0.15) is 26.3 Å². The quantitative estimate of drug-likeness (QED) is 0.606. The fourth-order valence-corrected chi connectivity index (χ4v) is 2.03. The molecule has 1 atom stereocenters. The van der Waals surface area contributed by atoms with Crippen LogP contribution in [0.5, 0.6) is 5.75 Å². The van der Waals surface area contributed by atoms with E-state index in [2.05, 4.69) is 5.32 Å². The van der Waals surface area contributed by atoms with Crippen molar-refractivity contribution >= 4 is 6.09 Å². The van der Waals surface area contributed by atoms with Crippen LogP contribution in [0, 0.1) is 5.41 Å². The van der Waals surface area contributed by atoms with Gasteiger partial charge < -0.3 is 25.0 Å². The van der Waals surface area contributed by atoms with Gasteiger partial charge in [-0.1, -0.05) is 32.9 Å². The molecule has 1 rings (SSSR count). The molecule has 1 aromatic rings. The minimum Gasteiger partial charge on any atom is -0.491 e. The molecule has 0 aliphatic carbocycles. The van der Waals surface area contributed by atoms with E-state index < -0.39 is 6.09 Å². The Morgan fingerprint density at radius 3 is 2.39 bits per heavy atom. The van der Waals surface area contributed by atoms with E-state index in [1.807, 2.05) is 45.0 Å². The molecule has 130 valence electrons. The van der Waals surface area contributed by atoms with Crippen molar-refractivity contribution in [1.82, 2.24) is 5.32 Å². The Bertz CT molecular complexity index is 467. The lowest BCUT2D eigenvalue weighted by Crippen LogP contribution is -2.41. The summed E-state index contributed by atoms with van der Waals surface area (Å²) in [5, 5.41) is 19.9. The van der Waals surface area contributed by atoms with E-state index in [1.54, 1.807) is 0 Å². The molecule has 0 spiro atoms. The van der Waals surface area contributed by atoms with Gasteiger partial charge in [0, 0.05) is 13.2 Å². The van der Waals surface area contributed by atoms with E-state index >= 15 is 0 Å². The molecule has 1 amide bonds. The summed E-state index contributed by atoms with van der Waals surface area (Å²) in [7, 11) is 0. The van der Waals surface area contributed by atoms with E-state index in [0.717, 1.165) is 11.3 Å². The van der Waals surface area contributed by atoms with Crippen molar-refractivity contribution in [3.05, 3.63) is 29.8 Å². The van der Waals surface area contributed by atoms with Crippen molar-refractivity contribution in [2.45, 2.75) is 33.3 Å². The third kappa shape index (κ3) is 7.85. The summed E-state index contributed by atoms with van der Waals surface area (Å²) < 4.78 is 11.4. The van der Waals surface area contributed by atoms with Crippen molar-refractivity contribution in [2.75, 3.05) is 26.4 Å². The molecule has 3 N–H and O–H groups in total. The zero-order valence-electron chi connectivity index (χ0n) is 14.0. The maximum absolute atomic E-state index is 10.6. The Labute approximate surface area is 137 Å². The van der Waals surface area contributed by atoms with Crippen LogP contribution < -0.4 is 10.1 Å². The molecule has 6 heteroatoms. The first-order valence-electron chi connectivity index (χ1n) is 7.74. The Hall–Kier alpha value is -1.79. The van der Waals surface area contributed by atoms with Gasteiger partial charge in [0.25, 0.3) is 0 Å². The fourth-order valence-electron chi connectivity index (χ4n) is 2.03. The first kappa shape index (κ1) is 19.3. The summed E-state index contributed by atoms with van der Waals surface area (Å²) >= 11 is 0. The number of benzene rings is 1. The summed E-state index contributed by atoms with van der Waals surface area (Å²) in [5.41, 5.74) is 0.887. The molecule has 1 unspecified atom stereocenters. The van der Waals surface area contributed by atoms with Crippen LogP contribution in [0.15, 0.2) is 24.3 Å². The number of hydrogen-bond donors (Lipinski definition) is 3. The lowest BCUT2D eigenvalue weighted by Gasteiger charge is -2.30. The van der Waals surface area contributed by atoms with Crippen molar-refractivity contribution in [3.8, 4) is 5.75 Å². The predicted molar refractivity (Wildman–Crippen MR) is 87.9 cm³/mol. The van der Waals surface area contributed by atoms with Crippen molar-refractivity contribution in [1.29, 1.82) is 0 Å². The van der Waals surface area contributed by atoms with Crippen LogP contribution in [-0.2, 0) is 11.2 Å². The topological polar surface area (TPSA) is 88.0 Å². The monoisotopic (exact) mass is 325 g/mol. The molecule has 0 aliphatic heterocycles. The SMILES string of the molecule is CC(C)(C)C(CNC(=O)O)OCCOc1ccc(CCO)cc1. The second-order valence-corrected chi connectivity index (χ2v) is 6.38.